The van der Waals surface area contributed by atoms with Crippen LogP contribution in [0.4, 0.5) is 4.79 Å². The van der Waals surface area contributed by atoms with Gasteiger partial charge in [0.05, 0.1) is 6.04 Å². The number of hydrogen-bond donors (Lipinski definition) is 1. The molecule has 2 heterocycles. The van der Waals surface area contributed by atoms with E-state index < -0.39 is 5.60 Å². The maximum atomic E-state index is 11.7. The summed E-state index contributed by atoms with van der Waals surface area (Å²) in [5, 5.41) is 0. The van der Waals surface area contributed by atoms with E-state index in [1.165, 1.54) is 0 Å². The second-order valence-corrected chi connectivity index (χ2v) is 5.27. The molecule has 4 nitrogen and oxygen atoms in total. The summed E-state index contributed by atoms with van der Waals surface area (Å²) in [5.41, 5.74) is 5.46. The number of amides is 1. The summed E-state index contributed by atoms with van der Waals surface area (Å²) in [4.78, 5) is 13.5. The van der Waals surface area contributed by atoms with Crippen LogP contribution in [0.5, 0.6) is 0 Å². The van der Waals surface area contributed by atoms with Gasteiger partial charge in [0, 0.05) is 12.6 Å². The Balaban J connectivity index is 1.94. The molecule has 2 bridgehead atoms. The quantitative estimate of drug-likeness (QED) is 0.630. The number of nitrogens with zero attached hydrogens (tertiary/aromatic N) is 1. The lowest BCUT2D eigenvalue weighted by molar-refractivity contribution is 0.0234. The third kappa shape index (κ3) is 1.47. The first kappa shape index (κ1) is 9.77. The second kappa shape index (κ2) is 2.86. The number of nitrogens with two attached hydrogens (primary N) is 1. The van der Waals surface area contributed by atoms with E-state index in [9.17, 15) is 4.79 Å². The highest BCUT2D eigenvalue weighted by Gasteiger charge is 2.52. The lowest BCUT2D eigenvalue weighted by Crippen LogP contribution is -2.51. The molecule has 0 aromatic rings. The van der Waals surface area contributed by atoms with E-state index in [-0.39, 0.29) is 18.2 Å². The Morgan fingerprint density at radius 3 is 2.50 bits per heavy atom. The van der Waals surface area contributed by atoms with Crippen LogP contribution in [0.1, 0.15) is 27.2 Å². The average Bonchev–Trinajstić information content (AvgIpc) is 2.55. The number of hydrogen-bond acceptors (Lipinski definition) is 3. The van der Waals surface area contributed by atoms with E-state index in [0.29, 0.717) is 5.92 Å². The summed E-state index contributed by atoms with van der Waals surface area (Å²) in [7, 11) is 0. The highest BCUT2D eigenvalue weighted by atomic mass is 16.6. The molecule has 80 valence electrons. The van der Waals surface area contributed by atoms with E-state index in [1.807, 2.05) is 20.8 Å². The Kier molecular flexibility index (Phi) is 2.00. The molecule has 2 saturated heterocycles. The topological polar surface area (TPSA) is 55.6 Å². The zero-order valence-corrected chi connectivity index (χ0v) is 8.99. The molecule has 1 aliphatic carbocycles. The third-order valence-electron chi connectivity index (χ3n) is 2.99. The van der Waals surface area contributed by atoms with Crippen LogP contribution in [-0.2, 0) is 4.74 Å². The van der Waals surface area contributed by atoms with Crippen molar-refractivity contribution in [1.29, 1.82) is 0 Å². The number of fused-ring (bicyclic) bond motifs is 1. The monoisotopic (exact) mass is 198 g/mol. The zero-order chi connectivity index (χ0) is 10.5. The van der Waals surface area contributed by atoms with Crippen LogP contribution >= 0.6 is 0 Å². The van der Waals surface area contributed by atoms with Gasteiger partial charge in [-0.25, -0.2) is 4.79 Å². The van der Waals surface area contributed by atoms with Gasteiger partial charge in [0.15, 0.2) is 0 Å². The molecule has 3 fully saturated rings. The molecule has 0 radical (unpaired) electrons. The van der Waals surface area contributed by atoms with Crippen molar-refractivity contribution in [3.8, 4) is 0 Å². The molecule has 2 aliphatic heterocycles. The van der Waals surface area contributed by atoms with Gasteiger partial charge in [-0.05, 0) is 33.1 Å². The molecule has 14 heavy (non-hydrogen) atoms. The second-order valence-electron chi connectivity index (χ2n) is 5.27. The van der Waals surface area contributed by atoms with Crippen LogP contribution in [0.15, 0.2) is 0 Å². The lowest BCUT2D eigenvalue weighted by Gasteiger charge is -2.33. The molecule has 0 aromatic heterocycles. The maximum absolute atomic E-state index is 11.7. The Bertz CT molecular complexity index is 259. The summed E-state index contributed by atoms with van der Waals surface area (Å²) in [6.07, 6.45) is 0.846. The van der Waals surface area contributed by atoms with Crippen LogP contribution < -0.4 is 5.73 Å². The van der Waals surface area contributed by atoms with Crippen molar-refractivity contribution in [2.75, 3.05) is 6.54 Å². The molecule has 1 amide bonds. The molecule has 1 saturated carbocycles. The van der Waals surface area contributed by atoms with E-state index >= 15 is 0 Å². The molecule has 0 spiro atoms. The molecule has 3 atom stereocenters. The van der Waals surface area contributed by atoms with E-state index in [1.54, 1.807) is 4.90 Å². The largest absolute Gasteiger partial charge is 0.444 e. The number of carbonyl (C=O) groups is 1. The third-order valence-corrected chi connectivity index (χ3v) is 2.99. The molecule has 3 rings (SSSR count). The van der Waals surface area contributed by atoms with Gasteiger partial charge in [-0.15, -0.1) is 0 Å². The Morgan fingerprint density at radius 1 is 1.50 bits per heavy atom. The molecule has 0 unspecified atom stereocenters. The number of carbonyl (C=O) groups excluding carboxylic acids is 1. The Hall–Kier alpha value is -0.770. The van der Waals surface area contributed by atoms with Crippen LogP contribution in [0.2, 0.25) is 0 Å². The van der Waals surface area contributed by atoms with Crippen molar-refractivity contribution in [3.63, 3.8) is 0 Å². The zero-order valence-electron chi connectivity index (χ0n) is 8.99. The fraction of sp³-hybridized carbons (Fsp3) is 0.900. The van der Waals surface area contributed by atoms with Crippen LogP contribution in [0.3, 0.4) is 0 Å². The SMILES string of the molecule is CC(C)(C)OC(=O)N1C[C@@H]2C[C@@H]1[C@H]2N. The van der Waals surface area contributed by atoms with Gasteiger partial charge >= 0.3 is 6.09 Å². The van der Waals surface area contributed by atoms with Crippen LogP contribution in [0, 0.1) is 5.92 Å². The lowest BCUT2D eigenvalue weighted by atomic mass is 9.81. The average molecular weight is 198 g/mol. The molecule has 0 aromatic carbocycles. The van der Waals surface area contributed by atoms with Crippen molar-refractivity contribution >= 4 is 6.09 Å². The highest BCUT2D eigenvalue weighted by molar-refractivity contribution is 5.70. The minimum absolute atomic E-state index is 0.183. The first-order chi connectivity index (χ1) is 6.38. The molecule has 4 heteroatoms. The van der Waals surface area contributed by atoms with Gasteiger partial charge in [0.2, 0.25) is 0 Å². The van der Waals surface area contributed by atoms with Crippen molar-refractivity contribution in [2.24, 2.45) is 11.7 Å². The van der Waals surface area contributed by atoms with Crippen molar-refractivity contribution in [2.45, 2.75) is 44.9 Å². The van der Waals surface area contributed by atoms with Gasteiger partial charge in [-0.3, -0.25) is 0 Å². The van der Waals surface area contributed by atoms with Crippen molar-refractivity contribution < 1.29 is 9.53 Å². The Morgan fingerprint density at radius 2 is 2.14 bits per heavy atom. The first-order valence-electron chi connectivity index (χ1n) is 5.14. The minimum Gasteiger partial charge on any atom is -0.444 e. The van der Waals surface area contributed by atoms with E-state index in [4.69, 9.17) is 10.5 Å². The summed E-state index contributed by atoms with van der Waals surface area (Å²) in [6, 6.07) is 0.414. The number of rotatable bonds is 0. The summed E-state index contributed by atoms with van der Waals surface area (Å²) in [5.74, 6) is 0.507. The predicted octanol–water partition coefficient (Wildman–Crippen LogP) is 0.953. The van der Waals surface area contributed by atoms with Gasteiger partial charge in [-0.2, -0.15) is 0 Å². The molecular weight excluding hydrogens is 180 g/mol. The van der Waals surface area contributed by atoms with Crippen molar-refractivity contribution in [1.82, 2.24) is 4.90 Å². The molecular formula is C10H18N2O2. The fourth-order valence-electron chi connectivity index (χ4n) is 2.19. The van der Waals surface area contributed by atoms with Crippen LogP contribution in [-0.4, -0.2) is 35.2 Å². The summed E-state index contributed by atoms with van der Waals surface area (Å²) >= 11 is 0. The van der Waals surface area contributed by atoms with Gasteiger partial charge in [0.25, 0.3) is 0 Å². The van der Waals surface area contributed by atoms with Gasteiger partial charge < -0.3 is 15.4 Å². The van der Waals surface area contributed by atoms with E-state index in [2.05, 4.69) is 0 Å². The van der Waals surface area contributed by atoms with Crippen LogP contribution in [0.25, 0.3) is 0 Å². The summed E-state index contributed by atoms with van der Waals surface area (Å²) < 4.78 is 5.30. The smallest absolute Gasteiger partial charge is 0.410 e. The van der Waals surface area contributed by atoms with Gasteiger partial charge in [0.1, 0.15) is 5.60 Å². The van der Waals surface area contributed by atoms with E-state index in [0.717, 1.165) is 13.0 Å². The summed E-state index contributed by atoms with van der Waals surface area (Å²) in [6.45, 7) is 6.42. The molecule has 2 N–H and O–H groups in total. The first-order valence-corrected chi connectivity index (χ1v) is 5.14. The maximum Gasteiger partial charge on any atom is 0.410 e. The van der Waals surface area contributed by atoms with Gasteiger partial charge in [-0.1, -0.05) is 0 Å². The predicted molar refractivity (Wildman–Crippen MR) is 52.8 cm³/mol. The van der Waals surface area contributed by atoms with Crippen molar-refractivity contribution in [3.05, 3.63) is 0 Å². The Labute approximate surface area is 84.4 Å². The standard InChI is InChI=1S/C10H18N2O2/c1-10(2,3)14-9(13)12-5-6-4-7(12)8(6)11/h6-8H,4-5,11H2,1-3H3/t6-,7+,8-/m0/s1. The number of ether oxygens (including phenoxy) is 1. The highest BCUT2D eigenvalue weighted by Crippen LogP contribution is 2.40. The minimum atomic E-state index is -0.409. The fourth-order valence-corrected chi connectivity index (χ4v) is 2.19. The normalized spacial score (nSPS) is 35.4. The molecule has 3 aliphatic rings.